The maximum Gasteiger partial charge on any atom is 0.225 e. The van der Waals surface area contributed by atoms with Crippen LogP contribution in [-0.2, 0) is 14.6 Å². The van der Waals surface area contributed by atoms with Gasteiger partial charge in [0.25, 0.3) is 0 Å². The number of sulfone groups is 1. The molecule has 1 N–H and O–H groups in total. The topological polar surface area (TPSA) is 76.1 Å². The number of nitrogens with one attached hydrogen (secondary N) is 1. The van der Waals surface area contributed by atoms with Crippen molar-refractivity contribution in [3.63, 3.8) is 0 Å². The number of carbonyl (C=O) groups excluding carboxylic acids is 1. The van der Waals surface area contributed by atoms with Gasteiger partial charge in [0.05, 0.1) is 25.9 Å². The molecule has 0 radical (unpaired) electrons. The van der Waals surface area contributed by atoms with Crippen molar-refractivity contribution in [3.05, 3.63) is 47.5 Å². The number of benzene rings is 2. The summed E-state index contributed by atoms with van der Waals surface area (Å²) in [6, 6.07) is 12.3. The molecule has 0 aliphatic carbocycles. The van der Waals surface area contributed by atoms with Crippen molar-refractivity contribution in [3.8, 4) is 0 Å². The van der Waals surface area contributed by atoms with Gasteiger partial charge in [0, 0.05) is 17.0 Å². The van der Waals surface area contributed by atoms with E-state index >= 15 is 0 Å². The number of carbonyl (C=O) groups is 1. The van der Waals surface area contributed by atoms with Gasteiger partial charge < -0.3 is 5.32 Å². The van der Waals surface area contributed by atoms with E-state index in [-0.39, 0.29) is 23.0 Å². The smallest absolute Gasteiger partial charge is 0.225 e. The van der Waals surface area contributed by atoms with Crippen molar-refractivity contribution < 1.29 is 13.2 Å². The highest BCUT2D eigenvalue weighted by molar-refractivity contribution is 7.98. The van der Waals surface area contributed by atoms with Gasteiger partial charge in [-0.3, -0.25) is 4.79 Å². The predicted octanol–water partition coefficient (Wildman–Crippen LogP) is 4.13. The molecule has 0 aliphatic rings. The SMILES string of the molecule is CSc1cccc(NC(=O)CCS(=O)(=O)c2ccc3nc(C)sc3c2)c1. The molecule has 136 valence electrons. The minimum atomic E-state index is -3.53. The normalized spacial score (nSPS) is 11.6. The number of aryl methyl sites for hydroxylation is 1. The molecule has 1 aromatic heterocycles. The van der Waals surface area contributed by atoms with Gasteiger partial charge in [-0.2, -0.15) is 0 Å². The molecule has 3 rings (SSSR count). The van der Waals surface area contributed by atoms with E-state index in [2.05, 4.69) is 10.3 Å². The lowest BCUT2D eigenvalue weighted by Gasteiger charge is -2.07. The second-order valence-corrected chi connectivity index (χ2v) is 9.93. The Morgan fingerprint density at radius 1 is 1.23 bits per heavy atom. The Kier molecular flexibility index (Phi) is 5.64. The van der Waals surface area contributed by atoms with Crippen molar-refractivity contribution in [2.24, 2.45) is 0 Å². The van der Waals surface area contributed by atoms with Gasteiger partial charge in [0.1, 0.15) is 0 Å². The molecular formula is C18H18N2O3S3. The molecule has 0 atom stereocenters. The summed E-state index contributed by atoms with van der Waals surface area (Å²) >= 11 is 3.03. The van der Waals surface area contributed by atoms with Gasteiger partial charge >= 0.3 is 0 Å². The summed E-state index contributed by atoms with van der Waals surface area (Å²) in [6.07, 6.45) is 1.86. The van der Waals surface area contributed by atoms with Crippen LogP contribution in [0.1, 0.15) is 11.4 Å². The highest BCUT2D eigenvalue weighted by atomic mass is 32.2. The number of thioether (sulfide) groups is 1. The number of hydrogen-bond donors (Lipinski definition) is 1. The van der Waals surface area contributed by atoms with Crippen LogP contribution < -0.4 is 5.32 Å². The van der Waals surface area contributed by atoms with Crippen LogP contribution >= 0.6 is 23.1 Å². The van der Waals surface area contributed by atoms with E-state index in [1.54, 1.807) is 36.0 Å². The van der Waals surface area contributed by atoms with Gasteiger partial charge in [-0.25, -0.2) is 13.4 Å². The molecule has 0 spiro atoms. The molecule has 1 heterocycles. The van der Waals surface area contributed by atoms with Crippen LogP contribution in [0.4, 0.5) is 5.69 Å². The second kappa shape index (κ2) is 7.77. The summed E-state index contributed by atoms with van der Waals surface area (Å²) in [7, 11) is -3.53. The number of thiazole rings is 1. The van der Waals surface area contributed by atoms with Crippen LogP contribution in [0.15, 0.2) is 52.3 Å². The van der Waals surface area contributed by atoms with Crippen LogP contribution in [0, 0.1) is 6.92 Å². The van der Waals surface area contributed by atoms with Gasteiger partial charge in [0.15, 0.2) is 9.84 Å². The third-order valence-electron chi connectivity index (χ3n) is 3.78. The first-order valence-electron chi connectivity index (χ1n) is 7.91. The zero-order valence-corrected chi connectivity index (χ0v) is 16.8. The molecule has 0 unspecified atom stereocenters. The molecule has 2 aromatic carbocycles. The molecule has 3 aromatic rings. The highest BCUT2D eigenvalue weighted by Crippen LogP contribution is 2.25. The highest BCUT2D eigenvalue weighted by Gasteiger charge is 2.18. The summed E-state index contributed by atoms with van der Waals surface area (Å²) in [5.74, 6) is -0.550. The molecule has 26 heavy (non-hydrogen) atoms. The minimum Gasteiger partial charge on any atom is -0.326 e. The fourth-order valence-electron chi connectivity index (χ4n) is 2.48. The summed E-state index contributed by atoms with van der Waals surface area (Å²) < 4.78 is 25.9. The molecule has 1 amide bonds. The molecule has 0 bridgehead atoms. The first-order valence-corrected chi connectivity index (χ1v) is 11.6. The van der Waals surface area contributed by atoms with E-state index in [0.717, 1.165) is 20.1 Å². The summed E-state index contributed by atoms with van der Waals surface area (Å²) in [4.78, 5) is 17.7. The van der Waals surface area contributed by atoms with E-state index in [4.69, 9.17) is 0 Å². The van der Waals surface area contributed by atoms with E-state index in [1.165, 1.54) is 11.3 Å². The monoisotopic (exact) mass is 406 g/mol. The number of fused-ring (bicyclic) bond motifs is 1. The summed E-state index contributed by atoms with van der Waals surface area (Å²) in [5, 5.41) is 3.64. The maximum atomic E-state index is 12.5. The first kappa shape index (κ1) is 18.9. The van der Waals surface area contributed by atoms with E-state index < -0.39 is 9.84 Å². The van der Waals surface area contributed by atoms with E-state index in [9.17, 15) is 13.2 Å². The number of rotatable bonds is 6. The van der Waals surface area contributed by atoms with Crippen LogP contribution in [0.5, 0.6) is 0 Å². The molecule has 0 aliphatic heterocycles. The fourth-order valence-corrected chi connectivity index (χ4v) is 5.15. The Hall–Kier alpha value is -1.90. The molecule has 0 saturated carbocycles. The largest absolute Gasteiger partial charge is 0.326 e. The van der Waals surface area contributed by atoms with Crippen LogP contribution in [0.25, 0.3) is 10.2 Å². The predicted molar refractivity (Wildman–Crippen MR) is 108 cm³/mol. The lowest BCUT2D eigenvalue weighted by Crippen LogP contribution is -2.17. The Morgan fingerprint density at radius 2 is 2.04 bits per heavy atom. The van der Waals surface area contributed by atoms with Crippen molar-refractivity contribution in [1.82, 2.24) is 4.98 Å². The van der Waals surface area contributed by atoms with Crippen molar-refractivity contribution in [1.29, 1.82) is 0 Å². The Morgan fingerprint density at radius 3 is 2.81 bits per heavy atom. The van der Waals surface area contributed by atoms with E-state index in [1.807, 2.05) is 31.4 Å². The number of anilines is 1. The standard InChI is InChI=1S/C18H18N2O3S3/c1-12-19-16-7-6-15(11-17(16)25-12)26(22,23)9-8-18(21)20-13-4-3-5-14(10-13)24-2/h3-7,10-11H,8-9H2,1-2H3,(H,20,21). The molecule has 0 saturated heterocycles. The molecule has 8 heteroatoms. The van der Waals surface area contributed by atoms with Crippen molar-refractivity contribution >= 4 is 54.7 Å². The molecular weight excluding hydrogens is 388 g/mol. The fraction of sp³-hybridized carbons (Fsp3) is 0.222. The Bertz CT molecular complexity index is 1060. The van der Waals surface area contributed by atoms with Crippen LogP contribution in [-0.4, -0.2) is 31.3 Å². The average Bonchev–Trinajstić information content (AvgIpc) is 2.99. The van der Waals surface area contributed by atoms with E-state index in [0.29, 0.717) is 5.69 Å². The summed E-state index contributed by atoms with van der Waals surface area (Å²) in [5.41, 5.74) is 1.46. The maximum absolute atomic E-state index is 12.5. The zero-order valence-electron chi connectivity index (χ0n) is 14.4. The first-order chi connectivity index (χ1) is 12.4. The third kappa shape index (κ3) is 4.44. The van der Waals surface area contributed by atoms with Crippen molar-refractivity contribution in [2.45, 2.75) is 23.1 Å². The van der Waals surface area contributed by atoms with Crippen LogP contribution in [0.3, 0.4) is 0 Å². The van der Waals surface area contributed by atoms with Crippen molar-refractivity contribution in [2.75, 3.05) is 17.3 Å². The summed E-state index contributed by atoms with van der Waals surface area (Å²) in [6.45, 7) is 1.88. The Balaban J connectivity index is 1.67. The quantitative estimate of drug-likeness (QED) is 0.623. The minimum absolute atomic E-state index is 0.0917. The number of nitrogens with zero attached hydrogens (tertiary/aromatic N) is 1. The van der Waals surface area contributed by atoms with Gasteiger partial charge in [-0.15, -0.1) is 23.1 Å². The third-order valence-corrected chi connectivity index (χ3v) is 7.15. The van der Waals surface area contributed by atoms with Crippen LogP contribution in [0.2, 0.25) is 0 Å². The number of aromatic nitrogens is 1. The molecule has 5 nitrogen and oxygen atoms in total. The second-order valence-electron chi connectivity index (χ2n) is 5.71. The van der Waals surface area contributed by atoms with Gasteiger partial charge in [0.2, 0.25) is 5.91 Å². The van der Waals surface area contributed by atoms with Gasteiger partial charge in [-0.05, 0) is 49.6 Å². The lowest BCUT2D eigenvalue weighted by molar-refractivity contribution is -0.115. The zero-order chi connectivity index (χ0) is 18.7. The average molecular weight is 407 g/mol. The number of hydrogen-bond acceptors (Lipinski definition) is 6. The molecule has 0 fully saturated rings. The Labute approximate surface area is 160 Å². The number of amides is 1. The van der Waals surface area contributed by atoms with Gasteiger partial charge in [-0.1, -0.05) is 6.07 Å². The lowest BCUT2D eigenvalue weighted by atomic mass is 10.3.